The number of ether oxygens (including phenoxy) is 1. The SMILES string of the molecule is COc1ccc(C2=C(Cl)C(=O)N(C3CCCCCC3)C2=O)cc1. The molecule has 0 N–H and O–H groups in total. The minimum absolute atomic E-state index is 0.0259. The molecule has 2 amide bonds. The van der Waals surface area contributed by atoms with E-state index in [-0.39, 0.29) is 22.9 Å². The second kappa shape index (κ2) is 6.75. The van der Waals surface area contributed by atoms with Gasteiger partial charge in [0.15, 0.2) is 0 Å². The first-order valence-electron chi connectivity index (χ1n) is 8.05. The molecule has 1 aromatic rings. The largest absolute Gasteiger partial charge is 0.497 e. The van der Waals surface area contributed by atoms with Crippen LogP contribution >= 0.6 is 11.6 Å². The first kappa shape index (κ1) is 16.1. The Kier molecular flexibility index (Phi) is 4.71. The molecule has 4 nitrogen and oxygen atoms in total. The number of carbonyl (C=O) groups is 2. The third kappa shape index (κ3) is 3.00. The van der Waals surface area contributed by atoms with Gasteiger partial charge >= 0.3 is 0 Å². The fraction of sp³-hybridized carbons (Fsp3) is 0.444. The van der Waals surface area contributed by atoms with E-state index in [4.69, 9.17) is 16.3 Å². The molecule has 0 atom stereocenters. The van der Waals surface area contributed by atoms with Gasteiger partial charge in [0, 0.05) is 6.04 Å². The Hall–Kier alpha value is -1.81. The van der Waals surface area contributed by atoms with E-state index in [2.05, 4.69) is 0 Å². The summed E-state index contributed by atoms with van der Waals surface area (Å²) in [5.41, 5.74) is 0.967. The van der Waals surface area contributed by atoms with Crippen molar-refractivity contribution in [2.75, 3.05) is 7.11 Å². The summed E-state index contributed by atoms with van der Waals surface area (Å²) in [6.07, 6.45) is 6.18. The number of halogens is 1. The smallest absolute Gasteiger partial charge is 0.273 e. The fourth-order valence-corrected chi connectivity index (χ4v) is 3.66. The van der Waals surface area contributed by atoms with Gasteiger partial charge in [0.25, 0.3) is 11.8 Å². The van der Waals surface area contributed by atoms with E-state index in [9.17, 15) is 9.59 Å². The molecule has 5 heteroatoms. The molecule has 1 saturated carbocycles. The molecule has 0 aromatic heterocycles. The minimum Gasteiger partial charge on any atom is -0.497 e. The standard InChI is InChI=1S/C18H20ClNO3/c1-23-14-10-8-12(9-11-14)15-16(19)18(22)20(17(15)21)13-6-4-2-3-5-7-13/h8-11,13H,2-7H2,1H3. The highest BCUT2D eigenvalue weighted by Gasteiger charge is 2.41. The Labute approximate surface area is 141 Å². The molecule has 1 aliphatic heterocycles. The molecular weight excluding hydrogens is 314 g/mol. The van der Waals surface area contributed by atoms with Crippen LogP contribution < -0.4 is 4.74 Å². The van der Waals surface area contributed by atoms with Gasteiger partial charge in [0.1, 0.15) is 10.8 Å². The molecule has 0 bridgehead atoms. The summed E-state index contributed by atoms with van der Waals surface area (Å²) in [6, 6.07) is 7.02. The van der Waals surface area contributed by atoms with Gasteiger partial charge in [-0.1, -0.05) is 49.4 Å². The van der Waals surface area contributed by atoms with Crippen molar-refractivity contribution in [3.63, 3.8) is 0 Å². The molecule has 23 heavy (non-hydrogen) atoms. The zero-order chi connectivity index (χ0) is 16.4. The molecule has 3 rings (SSSR count). The normalized spacial score (nSPS) is 20.2. The Morgan fingerprint density at radius 1 is 1.00 bits per heavy atom. The summed E-state index contributed by atoms with van der Waals surface area (Å²) < 4.78 is 5.13. The molecule has 2 aliphatic rings. The minimum atomic E-state index is -0.352. The van der Waals surface area contributed by atoms with E-state index in [0.29, 0.717) is 16.9 Å². The maximum Gasteiger partial charge on any atom is 0.273 e. The van der Waals surface area contributed by atoms with Crippen molar-refractivity contribution in [3.05, 3.63) is 34.9 Å². The summed E-state index contributed by atoms with van der Waals surface area (Å²) >= 11 is 6.22. The molecule has 122 valence electrons. The number of methoxy groups -OCH3 is 1. The Morgan fingerprint density at radius 3 is 2.17 bits per heavy atom. The van der Waals surface area contributed by atoms with Crippen molar-refractivity contribution in [2.24, 2.45) is 0 Å². The lowest BCUT2D eigenvalue weighted by Gasteiger charge is -2.25. The van der Waals surface area contributed by atoms with Crippen LogP contribution in [0.2, 0.25) is 0 Å². The summed E-state index contributed by atoms with van der Waals surface area (Å²) in [5.74, 6) is 0.0781. The third-order valence-electron chi connectivity index (χ3n) is 4.63. The van der Waals surface area contributed by atoms with Crippen LogP contribution in [0.3, 0.4) is 0 Å². The monoisotopic (exact) mass is 333 g/mol. The zero-order valence-corrected chi connectivity index (χ0v) is 13.9. The van der Waals surface area contributed by atoms with Crippen LogP contribution in [-0.4, -0.2) is 29.9 Å². The van der Waals surface area contributed by atoms with Crippen molar-refractivity contribution in [3.8, 4) is 5.75 Å². The topological polar surface area (TPSA) is 46.6 Å². The maximum absolute atomic E-state index is 12.8. The van der Waals surface area contributed by atoms with Crippen LogP contribution in [0.25, 0.3) is 5.57 Å². The molecular formula is C18H20ClNO3. The predicted octanol–water partition coefficient (Wildman–Crippen LogP) is 3.74. The molecule has 1 aromatic carbocycles. The number of hydrogen-bond donors (Lipinski definition) is 0. The van der Waals surface area contributed by atoms with Gasteiger partial charge in [-0.15, -0.1) is 0 Å². The maximum atomic E-state index is 12.8. The van der Waals surface area contributed by atoms with Gasteiger partial charge < -0.3 is 4.74 Å². The van der Waals surface area contributed by atoms with Gasteiger partial charge in [-0.2, -0.15) is 0 Å². The summed E-state index contributed by atoms with van der Waals surface area (Å²) in [6.45, 7) is 0. The molecule has 0 radical (unpaired) electrons. The Bertz CT molecular complexity index is 643. The second-order valence-electron chi connectivity index (χ2n) is 6.04. The van der Waals surface area contributed by atoms with E-state index in [1.807, 2.05) is 0 Å². The molecule has 1 heterocycles. The van der Waals surface area contributed by atoms with Gasteiger partial charge in [-0.05, 0) is 30.5 Å². The highest BCUT2D eigenvalue weighted by Crippen LogP contribution is 2.36. The van der Waals surface area contributed by atoms with Gasteiger partial charge in [0.2, 0.25) is 0 Å². The van der Waals surface area contributed by atoms with Crippen molar-refractivity contribution < 1.29 is 14.3 Å². The van der Waals surface area contributed by atoms with Crippen LogP contribution in [0, 0.1) is 0 Å². The summed E-state index contributed by atoms with van der Waals surface area (Å²) in [7, 11) is 1.58. The van der Waals surface area contributed by atoms with Crippen LogP contribution in [-0.2, 0) is 9.59 Å². The van der Waals surface area contributed by atoms with Gasteiger partial charge in [-0.3, -0.25) is 14.5 Å². The van der Waals surface area contributed by atoms with E-state index in [0.717, 1.165) is 25.7 Å². The van der Waals surface area contributed by atoms with Crippen LogP contribution in [0.1, 0.15) is 44.1 Å². The lowest BCUT2D eigenvalue weighted by molar-refractivity contribution is -0.139. The van der Waals surface area contributed by atoms with E-state index < -0.39 is 0 Å². The third-order valence-corrected chi connectivity index (χ3v) is 4.98. The average Bonchev–Trinajstić information content (AvgIpc) is 2.77. The number of benzene rings is 1. The van der Waals surface area contributed by atoms with Gasteiger partial charge in [0.05, 0.1) is 12.7 Å². The second-order valence-corrected chi connectivity index (χ2v) is 6.42. The Morgan fingerprint density at radius 2 is 1.61 bits per heavy atom. The highest BCUT2D eigenvalue weighted by atomic mass is 35.5. The summed E-state index contributed by atoms with van der Waals surface area (Å²) in [5, 5.41) is 0.0319. The van der Waals surface area contributed by atoms with E-state index >= 15 is 0 Å². The summed E-state index contributed by atoms with van der Waals surface area (Å²) in [4.78, 5) is 26.7. The quantitative estimate of drug-likeness (QED) is 0.625. The van der Waals surface area contributed by atoms with Crippen LogP contribution in [0.4, 0.5) is 0 Å². The molecule has 0 unspecified atom stereocenters. The fourth-order valence-electron chi connectivity index (χ4n) is 3.37. The number of hydrogen-bond acceptors (Lipinski definition) is 3. The average molecular weight is 334 g/mol. The van der Waals surface area contributed by atoms with Crippen LogP contribution in [0.5, 0.6) is 5.75 Å². The van der Waals surface area contributed by atoms with Crippen LogP contribution in [0.15, 0.2) is 29.3 Å². The van der Waals surface area contributed by atoms with Crippen molar-refractivity contribution in [1.82, 2.24) is 4.90 Å². The Balaban J connectivity index is 1.89. The first-order chi connectivity index (χ1) is 11.1. The number of nitrogens with zero attached hydrogens (tertiary/aromatic N) is 1. The number of amides is 2. The van der Waals surface area contributed by atoms with Crippen molar-refractivity contribution in [2.45, 2.75) is 44.6 Å². The van der Waals surface area contributed by atoms with Crippen molar-refractivity contribution >= 4 is 29.0 Å². The zero-order valence-electron chi connectivity index (χ0n) is 13.2. The predicted molar refractivity (Wildman–Crippen MR) is 89.1 cm³/mol. The van der Waals surface area contributed by atoms with Crippen molar-refractivity contribution in [1.29, 1.82) is 0 Å². The van der Waals surface area contributed by atoms with Gasteiger partial charge in [-0.25, -0.2) is 0 Å². The number of carbonyl (C=O) groups excluding carboxylic acids is 2. The molecule has 0 saturated heterocycles. The molecule has 1 aliphatic carbocycles. The number of rotatable bonds is 3. The lowest BCUT2D eigenvalue weighted by atomic mass is 10.0. The molecule has 1 fully saturated rings. The first-order valence-corrected chi connectivity index (χ1v) is 8.43. The van der Waals surface area contributed by atoms with E-state index in [1.165, 1.54) is 17.7 Å². The lowest BCUT2D eigenvalue weighted by Crippen LogP contribution is -2.40. The highest BCUT2D eigenvalue weighted by molar-refractivity contribution is 6.55. The number of imide groups is 1. The van der Waals surface area contributed by atoms with E-state index in [1.54, 1.807) is 31.4 Å². The molecule has 0 spiro atoms.